The Kier molecular flexibility index (Phi) is 6.92. The van der Waals surface area contributed by atoms with E-state index < -0.39 is 41.1 Å². The van der Waals surface area contributed by atoms with E-state index in [4.69, 9.17) is 27.9 Å². The number of hydrogen-bond acceptors (Lipinski definition) is 6. The monoisotopic (exact) mass is 438 g/mol. The molecule has 0 saturated heterocycles. The smallest absolute Gasteiger partial charge is 0.437 e. The number of methoxy groups -OCH3 is 1. The van der Waals surface area contributed by atoms with E-state index in [2.05, 4.69) is 19.8 Å². The van der Waals surface area contributed by atoms with Crippen molar-refractivity contribution in [3.63, 3.8) is 0 Å². The van der Waals surface area contributed by atoms with Crippen LogP contribution in [0.25, 0.3) is 11.3 Å². The van der Waals surface area contributed by atoms with Crippen LogP contribution in [-0.4, -0.2) is 30.8 Å². The van der Waals surface area contributed by atoms with E-state index in [0.29, 0.717) is 0 Å². The van der Waals surface area contributed by atoms with Crippen molar-refractivity contribution in [1.29, 1.82) is 0 Å². The van der Waals surface area contributed by atoms with Crippen LogP contribution in [0, 0.1) is 5.82 Å². The zero-order valence-corrected chi connectivity index (χ0v) is 15.7. The van der Waals surface area contributed by atoms with Gasteiger partial charge in [-0.15, -0.1) is 0 Å². The Hall–Kier alpha value is -2.72. The number of nitrogens with zero attached hydrogens (tertiary/aromatic N) is 1. The number of anilines is 1. The molecule has 1 aromatic heterocycles. The second-order valence-corrected chi connectivity index (χ2v) is 5.81. The van der Waals surface area contributed by atoms with E-state index in [-0.39, 0.29) is 22.0 Å². The molecule has 2 rings (SSSR count). The highest BCUT2D eigenvalue weighted by atomic mass is 35.5. The number of halogens is 5. The number of ether oxygens (including phenoxy) is 3. The molecule has 0 radical (unpaired) electrons. The third-order valence-corrected chi connectivity index (χ3v) is 3.78. The van der Waals surface area contributed by atoms with Crippen molar-refractivity contribution in [3.8, 4) is 22.9 Å². The van der Waals surface area contributed by atoms with Gasteiger partial charge in [-0.1, -0.05) is 23.2 Å². The van der Waals surface area contributed by atoms with Gasteiger partial charge in [-0.3, -0.25) is 4.79 Å². The molecule has 0 atom stereocenters. The Balaban J connectivity index is 2.65. The van der Waals surface area contributed by atoms with Gasteiger partial charge in [-0.05, 0) is 18.2 Å². The van der Waals surface area contributed by atoms with Crippen LogP contribution in [0.2, 0.25) is 10.0 Å². The molecule has 1 aromatic carbocycles. The van der Waals surface area contributed by atoms with Crippen molar-refractivity contribution in [3.05, 3.63) is 34.1 Å². The van der Waals surface area contributed by atoms with Crippen molar-refractivity contribution in [2.45, 2.75) is 13.5 Å². The highest BCUT2D eigenvalue weighted by molar-refractivity contribution is 6.35. The van der Waals surface area contributed by atoms with E-state index in [0.717, 1.165) is 25.3 Å². The molecule has 0 spiro atoms. The van der Waals surface area contributed by atoms with E-state index in [1.54, 1.807) is 0 Å². The predicted molar refractivity (Wildman–Crippen MR) is 93.6 cm³/mol. The summed E-state index contributed by atoms with van der Waals surface area (Å²) in [5.41, 5.74) is -0.637. The molecule has 12 heteroatoms. The average molecular weight is 439 g/mol. The van der Waals surface area contributed by atoms with E-state index >= 15 is 0 Å². The Morgan fingerprint density at radius 3 is 2.50 bits per heavy atom. The molecule has 2 aromatic rings. The molecule has 1 N–H and O–H groups in total. The first kappa shape index (κ1) is 21.6. The van der Waals surface area contributed by atoms with E-state index in [1.165, 1.54) is 6.92 Å². The standard InChI is InChI=1S/C16H11Cl2F3N2O5/c1-6(24)22-10-5-9(23-14(11(10)18)28-16(25)26-2)7-3-4-8(17)13(12(7)19)27-15(20)21/h3-5,15H,1-2H3,(H,22,23,24). The van der Waals surface area contributed by atoms with Crippen LogP contribution < -0.4 is 14.8 Å². The van der Waals surface area contributed by atoms with Crippen molar-refractivity contribution in [2.75, 3.05) is 12.4 Å². The van der Waals surface area contributed by atoms with Gasteiger partial charge >= 0.3 is 12.8 Å². The third kappa shape index (κ3) is 4.96. The molecule has 28 heavy (non-hydrogen) atoms. The molecule has 0 bridgehead atoms. The zero-order valence-electron chi connectivity index (χ0n) is 14.2. The Morgan fingerprint density at radius 1 is 1.25 bits per heavy atom. The molecule has 0 saturated carbocycles. The maximum absolute atomic E-state index is 14.7. The third-order valence-electron chi connectivity index (χ3n) is 3.12. The molecule has 0 aliphatic rings. The molecular weight excluding hydrogens is 428 g/mol. The highest BCUT2D eigenvalue weighted by Crippen LogP contribution is 2.39. The Bertz CT molecular complexity index is 928. The van der Waals surface area contributed by atoms with Gasteiger partial charge in [0.1, 0.15) is 5.02 Å². The molecule has 0 unspecified atom stereocenters. The SMILES string of the molecule is COC(=O)Oc1nc(-c2ccc(Cl)c(OC(F)F)c2F)cc(NC(C)=O)c1Cl. The van der Waals surface area contributed by atoms with Gasteiger partial charge in [0.25, 0.3) is 0 Å². The molecule has 1 amide bonds. The van der Waals surface area contributed by atoms with Crippen molar-refractivity contribution in [2.24, 2.45) is 0 Å². The van der Waals surface area contributed by atoms with Gasteiger partial charge in [0.2, 0.25) is 11.8 Å². The number of alkyl halides is 2. The molecule has 0 aliphatic heterocycles. The molecule has 0 fully saturated rings. The van der Waals surface area contributed by atoms with Crippen LogP contribution in [0.4, 0.5) is 23.7 Å². The van der Waals surface area contributed by atoms with Crippen molar-refractivity contribution in [1.82, 2.24) is 4.98 Å². The summed E-state index contributed by atoms with van der Waals surface area (Å²) in [6.07, 6.45) is -1.18. The minimum atomic E-state index is -3.33. The van der Waals surface area contributed by atoms with Gasteiger partial charge in [0.15, 0.2) is 11.6 Å². The van der Waals surface area contributed by atoms with E-state index in [9.17, 15) is 22.8 Å². The normalized spacial score (nSPS) is 10.6. The van der Waals surface area contributed by atoms with E-state index in [1.807, 2.05) is 0 Å². The van der Waals surface area contributed by atoms with Gasteiger partial charge in [0, 0.05) is 12.5 Å². The molecule has 0 aliphatic carbocycles. The summed E-state index contributed by atoms with van der Waals surface area (Å²) >= 11 is 11.7. The molecule has 7 nitrogen and oxygen atoms in total. The minimum Gasteiger partial charge on any atom is -0.437 e. The first-order valence-corrected chi connectivity index (χ1v) is 8.06. The fourth-order valence-corrected chi connectivity index (χ4v) is 2.41. The minimum absolute atomic E-state index is 0.0799. The maximum atomic E-state index is 14.7. The Morgan fingerprint density at radius 2 is 1.93 bits per heavy atom. The lowest BCUT2D eigenvalue weighted by molar-refractivity contribution is -0.114. The predicted octanol–water partition coefficient (Wildman–Crippen LogP) is 4.90. The summed E-state index contributed by atoms with van der Waals surface area (Å²) in [6.45, 7) is -2.15. The quantitative estimate of drug-likeness (QED) is 0.668. The first-order valence-electron chi connectivity index (χ1n) is 7.31. The second-order valence-electron chi connectivity index (χ2n) is 5.03. The number of hydrogen-bond donors (Lipinski definition) is 1. The van der Waals surface area contributed by atoms with Crippen LogP contribution >= 0.6 is 23.2 Å². The van der Waals surface area contributed by atoms with Crippen LogP contribution in [0.3, 0.4) is 0 Å². The summed E-state index contributed by atoms with van der Waals surface area (Å²) in [7, 11) is 1.03. The van der Waals surface area contributed by atoms with Gasteiger partial charge in [-0.2, -0.15) is 8.78 Å². The lowest BCUT2D eigenvalue weighted by Crippen LogP contribution is -2.12. The van der Waals surface area contributed by atoms with Gasteiger partial charge < -0.3 is 19.5 Å². The number of pyridine rings is 1. The van der Waals surface area contributed by atoms with Crippen molar-refractivity contribution < 1.29 is 37.0 Å². The maximum Gasteiger partial charge on any atom is 0.514 e. The van der Waals surface area contributed by atoms with Crippen LogP contribution in [0.15, 0.2) is 18.2 Å². The fourth-order valence-electron chi connectivity index (χ4n) is 2.04. The van der Waals surface area contributed by atoms with Gasteiger partial charge in [0.05, 0.1) is 23.5 Å². The molecule has 150 valence electrons. The zero-order chi connectivity index (χ0) is 21.0. The van der Waals surface area contributed by atoms with Crippen LogP contribution in [-0.2, 0) is 9.53 Å². The number of amides is 1. The number of rotatable bonds is 5. The molecular formula is C16H11Cl2F3N2O5. The summed E-state index contributed by atoms with van der Waals surface area (Å²) in [4.78, 5) is 26.6. The molecule has 1 heterocycles. The second kappa shape index (κ2) is 8.98. The number of carbonyl (C=O) groups is 2. The Labute approximate surface area is 166 Å². The lowest BCUT2D eigenvalue weighted by Gasteiger charge is -2.14. The number of nitrogens with one attached hydrogen (secondary N) is 1. The number of benzene rings is 1. The largest absolute Gasteiger partial charge is 0.514 e. The first-order chi connectivity index (χ1) is 13.1. The van der Waals surface area contributed by atoms with Crippen LogP contribution in [0.1, 0.15) is 6.92 Å². The summed E-state index contributed by atoms with van der Waals surface area (Å²) in [5, 5.41) is 1.68. The summed E-state index contributed by atoms with van der Waals surface area (Å²) in [5.74, 6) is -3.20. The van der Waals surface area contributed by atoms with Gasteiger partial charge in [-0.25, -0.2) is 14.2 Å². The lowest BCUT2D eigenvalue weighted by atomic mass is 10.1. The van der Waals surface area contributed by atoms with Crippen molar-refractivity contribution >= 4 is 41.0 Å². The average Bonchev–Trinajstić information content (AvgIpc) is 2.61. The fraction of sp³-hybridized carbons (Fsp3) is 0.188. The number of aromatic nitrogens is 1. The summed E-state index contributed by atoms with van der Waals surface area (Å²) in [6, 6.07) is 3.38. The highest BCUT2D eigenvalue weighted by Gasteiger charge is 2.23. The van der Waals surface area contributed by atoms with Crippen LogP contribution in [0.5, 0.6) is 11.6 Å². The summed E-state index contributed by atoms with van der Waals surface area (Å²) < 4.78 is 53.0. The number of carbonyl (C=O) groups excluding carboxylic acids is 2. The topological polar surface area (TPSA) is 86.8 Å².